The molecule has 15 heavy (non-hydrogen) atoms. The van der Waals surface area contributed by atoms with Crippen molar-refractivity contribution in [3.63, 3.8) is 0 Å². The molecule has 0 radical (unpaired) electrons. The topological polar surface area (TPSA) is 29.5 Å². The fraction of sp³-hybridized carbons (Fsp3) is 0.538. The predicted octanol–water partition coefficient (Wildman–Crippen LogP) is 2.96. The number of aliphatic hydroxyl groups is 1. The highest BCUT2D eigenvalue weighted by molar-refractivity contribution is 5.29. The van der Waals surface area contributed by atoms with Gasteiger partial charge < -0.3 is 9.84 Å². The van der Waals surface area contributed by atoms with Crippen molar-refractivity contribution in [2.24, 2.45) is 0 Å². The minimum absolute atomic E-state index is 0.350. The lowest BCUT2D eigenvalue weighted by atomic mass is 9.99. The standard InChI is InChI=1S/C13H20O2/c1-4-10(2)12-5-7-13(8-6-12)15-9-11(3)14/h5-8,10-11,14H,4,9H2,1-3H3/t10-,11-/m1/s1. The van der Waals surface area contributed by atoms with Crippen LogP contribution < -0.4 is 4.74 Å². The van der Waals surface area contributed by atoms with Gasteiger partial charge in [-0.2, -0.15) is 0 Å². The highest BCUT2D eigenvalue weighted by Crippen LogP contribution is 2.21. The van der Waals surface area contributed by atoms with Crippen LogP contribution in [-0.4, -0.2) is 17.8 Å². The van der Waals surface area contributed by atoms with E-state index in [1.54, 1.807) is 6.92 Å². The molecule has 84 valence electrons. The van der Waals surface area contributed by atoms with Gasteiger partial charge in [0.1, 0.15) is 12.4 Å². The van der Waals surface area contributed by atoms with Gasteiger partial charge in [0.05, 0.1) is 6.10 Å². The maximum Gasteiger partial charge on any atom is 0.119 e. The van der Waals surface area contributed by atoms with Crippen LogP contribution in [0.15, 0.2) is 24.3 Å². The molecule has 2 nitrogen and oxygen atoms in total. The molecule has 0 aliphatic carbocycles. The Labute approximate surface area is 91.9 Å². The molecular formula is C13H20O2. The Hall–Kier alpha value is -1.02. The van der Waals surface area contributed by atoms with E-state index in [-0.39, 0.29) is 0 Å². The molecule has 0 aliphatic rings. The van der Waals surface area contributed by atoms with Crippen molar-refractivity contribution in [1.82, 2.24) is 0 Å². The molecule has 1 aromatic carbocycles. The summed E-state index contributed by atoms with van der Waals surface area (Å²) in [6.45, 7) is 6.46. The van der Waals surface area contributed by atoms with Gasteiger partial charge in [0.2, 0.25) is 0 Å². The molecule has 0 heterocycles. The zero-order valence-electron chi connectivity index (χ0n) is 9.73. The molecule has 0 saturated carbocycles. The lowest BCUT2D eigenvalue weighted by Gasteiger charge is -2.11. The van der Waals surface area contributed by atoms with Crippen LogP contribution in [0, 0.1) is 0 Å². The second-order valence-electron chi connectivity index (χ2n) is 4.04. The van der Waals surface area contributed by atoms with Gasteiger partial charge in [-0.1, -0.05) is 26.0 Å². The molecule has 1 N–H and O–H groups in total. The number of hydrogen-bond donors (Lipinski definition) is 1. The van der Waals surface area contributed by atoms with Gasteiger partial charge in [0.25, 0.3) is 0 Å². The molecule has 1 aromatic rings. The molecule has 0 spiro atoms. The van der Waals surface area contributed by atoms with Gasteiger partial charge in [-0.05, 0) is 37.0 Å². The summed E-state index contributed by atoms with van der Waals surface area (Å²) in [6.07, 6.45) is 0.729. The zero-order valence-corrected chi connectivity index (χ0v) is 9.73. The molecule has 2 atom stereocenters. The molecular weight excluding hydrogens is 188 g/mol. The van der Waals surface area contributed by atoms with Crippen LogP contribution in [-0.2, 0) is 0 Å². The SMILES string of the molecule is CC[C@@H](C)c1ccc(OC[C@@H](C)O)cc1. The van der Waals surface area contributed by atoms with Crippen LogP contribution in [0.4, 0.5) is 0 Å². The quantitative estimate of drug-likeness (QED) is 0.806. The van der Waals surface area contributed by atoms with Crippen molar-refractivity contribution >= 4 is 0 Å². The third-order valence-corrected chi connectivity index (χ3v) is 2.55. The monoisotopic (exact) mass is 208 g/mol. The van der Waals surface area contributed by atoms with Crippen molar-refractivity contribution in [3.8, 4) is 5.75 Å². The summed E-state index contributed by atoms with van der Waals surface area (Å²) < 4.78 is 5.39. The molecule has 0 fully saturated rings. The first-order valence-electron chi connectivity index (χ1n) is 5.54. The second-order valence-corrected chi connectivity index (χ2v) is 4.04. The molecule has 0 bridgehead atoms. The van der Waals surface area contributed by atoms with Gasteiger partial charge in [-0.3, -0.25) is 0 Å². The van der Waals surface area contributed by atoms with Crippen molar-refractivity contribution < 1.29 is 9.84 Å². The lowest BCUT2D eigenvalue weighted by molar-refractivity contribution is 0.122. The molecule has 0 unspecified atom stereocenters. The molecule has 0 aromatic heterocycles. The Morgan fingerprint density at radius 1 is 1.20 bits per heavy atom. The number of ether oxygens (including phenoxy) is 1. The average Bonchev–Trinajstić information content (AvgIpc) is 2.26. The van der Waals surface area contributed by atoms with Crippen molar-refractivity contribution in [2.45, 2.75) is 39.2 Å². The van der Waals surface area contributed by atoms with Crippen LogP contribution >= 0.6 is 0 Å². The molecule has 2 heteroatoms. The number of aliphatic hydroxyl groups excluding tert-OH is 1. The van der Waals surface area contributed by atoms with Gasteiger partial charge in [-0.25, -0.2) is 0 Å². The Morgan fingerprint density at radius 2 is 1.80 bits per heavy atom. The minimum Gasteiger partial charge on any atom is -0.491 e. The molecule has 0 saturated heterocycles. The number of benzene rings is 1. The number of rotatable bonds is 5. The summed E-state index contributed by atoms with van der Waals surface area (Å²) in [4.78, 5) is 0. The Bertz CT molecular complexity index is 277. The van der Waals surface area contributed by atoms with Crippen molar-refractivity contribution in [1.29, 1.82) is 0 Å². The Morgan fingerprint density at radius 3 is 2.27 bits per heavy atom. The van der Waals surface area contributed by atoms with E-state index in [0.717, 1.165) is 12.2 Å². The zero-order chi connectivity index (χ0) is 11.3. The second kappa shape index (κ2) is 5.76. The van der Waals surface area contributed by atoms with Crippen LogP contribution in [0.3, 0.4) is 0 Å². The lowest BCUT2D eigenvalue weighted by Crippen LogP contribution is -2.12. The summed E-state index contributed by atoms with van der Waals surface area (Å²) in [6, 6.07) is 8.10. The Kier molecular flexibility index (Phi) is 4.63. The highest BCUT2D eigenvalue weighted by atomic mass is 16.5. The molecule has 0 aliphatic heterocycles. The van der Waals surface area contributed by atoms with Gasteiger partial charge >= 0.3 is 0 Å². The van der Waals surface area contributed by atoms with E-state index >= 15 is 0 Å². The van der Waals surface area contributed by atoms with E-state index in [0.29, 0.717) is 12.5 Å². The van der Waals surface area contributed by atoms with Crippen molar-refractivity contribution in [3.05, 3.63) is 29.8 Å². The third-order valence-electron chi connectivity index (χ3n) is 2.55. The van der Waals surface area contributed by atoms with E-state index in [2.05, 4.69) is 26.0 Å². The first-order valence-corrected chi connectivity index (χ1v) is 5.54. The first-order chi connectivity index (χ1) is 7.13. The van der Waals surface area contributed by atoms with Gasteiger partial charge in [0.15, 0.2) is 0 Å². The summed E-state index contributed by atoms with van der Waals surface area (Å²) in [5.41, 5.74) is 1.34. The van der Waals surface area contributed by atoms with Gasteiger partial charge in [-0.15, -0.1) is 0 Å². The van der Waals surface area contributed by atoms with Crippen LogP contribution in [0.2, 0.25) is 0 Å². The van der Waals surface area contributed by atoms with Crippen LogP contribution in [0.5, 0.6) is 5.75 Å². The van der Waals surface area contributed by atoms with E-state index < -0.39 is 6.10 Å². The molecule has 1 rings (SSSR count). The van der Waals surface area contributed by atoms with Crippen LogP contribution in [0.1, 0.15) is 38.7 Å². The summed E-state index contributed by atoms with van der Waals surface area (Å²) in [5.74, 6) is 1.42. The summed E-state index contributed by atoms with van der Waals surface area (Å²) in [5, 5.41) is 9.07. The number of hydrogen-bond acceptors (Lipinski definition) is 2. The summed E-state index contributed by atoms with van der Waals surface area (Å²) in [7, 11) is 0. The van der Waals surface area contributed by atoms with Crippen molar-refractivity contribution in [2.75, 3.05) is 6.61 Å². The predicted molar refractivity (Wildman–Crippen MR) is 62.3 cm³/mol. The fourth-order valence-electron chi connectivity index (χ4n) is 1.35. The Balaban J connectivity index is 2.56. The third kappa shape index (κ3) is 3.92. The maximum absolute atomic E-state index is 9.07. The fourth-order valence-corrected chi connectivity index (χ4v) is 1.35. The molecule has 0 amide bonds. The van der Waals surface area contributed by atoms with E-state index in [4.69, 9.17) is 9.84 Å². The van der Waals surface area contributed by atoms with E-state index in [1.165, 1.54) is 5.56 Å². The largest absolute Gasteiger partial charge is 0.491 e. The maximum atomic E-state index is 9.07. The summed E-state index contributed by atoms with van der Waals surface area (Å²) >= 11 is 0. The normalized spacial score (nSPS) is 14.7. The minimum atomic E-state index is -0.417. The highest BCUT2D eigenvalue weighted by Gasteiger charge is 2.03. The van der Waals surface area contributed by atoms with Crippen LogP contribution in [0.25, 0.3) is 0 Å². The smallest absolute Gasteiger partial charge is 0.119 e. The average molecular weight is 208 g/mol. The van der Waals surface area contributed by atoms with E-state index in [9.17, 15) is 0 Å². The first kappa shape index (κ1) is 12.1. The van der Waals surface area contributed by atoms with E-state index in [1.807, 2.05) is 12.1 Å². The van der Waals surface area contributed by atoms with Gasteiger partial charge in [0, 0.05) is 0 Å².